The lowest BCUT2D eigenvalue weighted by molar-refractivity contribution is -0.140. The fourth-order valence-electron chi connectivity index (χ4n) is 4.49. The van der Waals surface area contributed by atoms with Crippen LogP contribution in [-0.2, 0) is 9.59 Å². The number of hydrogen-bond acceptors (Lipinski definition) is 4. The number of rotatable bonds is 7. The molecule has 0 spiro atoms. The zero-order chi connectivity index (χ0) is 22.1. The fourth-order valence-corrected chi connectivity index (χ4v) is 5.58. The Kier molecular flexibility index (Phi) is 6.31. The summed E-state index contributed by atoms with van der Waals surface area (Å²) in [6, 6.07) is 5.97. The van der Waals surface area contributed by atoms with Crippen LogP contribution in [0.5, 0.6) is 0 Å². The average molecular weight is 429 g/mol. The third-order valence-electron chi connectivity index (χ3n) is 6.11. The summed E-state index contributed by atoms with van der Waals surface area (Å²) in [5.74, 6) is -1.75. The number of nitrogens with one attached hydrogen (secondary N) is 1. The molecule has 7 heteroatoms. The smallest absolute Gasteiger partial charge is 0.303 e. The summed E-state index contributed by atoms with van der Waals surface area (Å²) in [5, 5.41) is 12.6. The predicted molar refractivity (Wildman–Crippen MR) is 119 cm³/mol. The maximum atomic E-state index is 12.8. The van der Waals surface area contributed by atoms with E-state index < -0.39 is 17.3 Å². The van der Waals surface area contributed by atoms with Crippen LogP contribution in [0, 0.1) is 26.2 Å². The molecule has 2 amide bonds. The molecule has 0 unspecified atom stereocenters. The van der Waals surface area contributed by atoms with Crippen LogP contribution in [-0.4, -0.2) is 22.9 Å². The minimum Gasteiger partial charge on any atom is -0.481 e. The first-order valence-corrected chi connectivity index (χ1v) is 11.0. The molecule has 160 valence electrons. The predicted octanol–water partition coefficient (Wildman–Crippen LogP) is 4.80. The summed E-state index contributed by atoms with van der Waals surface area (Å²) >= 11 is 1.32. The van der Waals surface area contributed by atoms with Gasteiger partial charge in [0, 0.05) is 16.9 Å². The first kappa shape index (κ1) is 22.0. The molecule has 0 bridgehead atoms. The number of nitrogens with two attached hydrogens (primary N) is 1. The highest BCUT2D eigenvalue weighted by atomic mass is 32.1. The molecule has 1 aromatic heterocycles. The van der Waals surface area contributed by atoms with Crippen molar-refractivity contribution in [2.75, 3.05) is 5.32 Å². The van der Waals surface area contributed by atoms with Gasteiger partial charge in [0.25, 0.3) is 5.91 Å². The number of carbonyl (C=O) groups excluding carboxylic acids is 2. The summed E-state index contributed by atoms with van der Waals surface area (Å²) in [6.07, 6.45) is 3.44. The molecule has 30 heavy (non-hydrogen) atoms. The van der Waals surface area contributed by atoms with Gasteiger partial charge >= 0.3 is 5.97 Å². The molecule has 3 rings (SSSR count). The van der Waals surface area contributed by atoms with E-state index in [0.29, 0.717) is 10.6 Å². The molecule has 2 aromatic rings. The maximum absolute atomic E-state index is 12.8. The Labute approximate surface area is 180 Å². The van der Waals surface area contributed by atoms with Crippen molar-refractivity contribution in [3.8, 4) is 11.1 Å². The molecule has 1 heterocycles. The average Bonchev–Trinajstić information content (AvgIpc) is 3.20. The number of aryl methyl sites for hydroxylation is 3. The number of amides is 2. The molecule has 4 N–H and O–H groups in total. The highest BCUT2D eigenvalue weighted by molar-refractivity contribution is 7.17. The monoisotopic (exact) mass is 428 g/mol. The van der Waals surface area contributed by atoms with Crippen molar-refractivity contribution < 1.29 is 19.5 Å². The van der Waals surface area contributed by atoms with Gasteiger partial charge in [-0.05, 0) is 55.7 Å². The lowest BCUT2D eigenvalue weighted by Gasteiger charge is -2.26. The lowest BCUT2D eigenvalue weighted by Crippen LogP contribution is -2.28. The first-order chi connectivity index (χ1) is 14.1. The lowest BCUT2D eigenvalue weighted by atomic mass is 9.79. The van der Waals surface area contributed by atoms with Crippen molar-refractivity contribution >= 4 is 34.1 Å². The van der Waals surface area contributed by atoms with Gasteiger partial charge in [-0.15, -0.1) is 11.3 Å². The summed E-state index contributed by atoms with van der Waals surface area (Å²) in [7, 11) is 0. The van der Waals surface area contributed by atoms with Crippen molar-refractivity contribution in [2.24, 2.45) is 11.1 Å². The number of benzene rings is 1. The van der Waals surface area contributed by atoms with Crippen molar-refractivity contribution in [2.45, 2.75) is 59.3 Å². The van der Waals surface area contributed by atoms with Crippen LogP contribution in [0.4, 0.5) is 5.00 Å². The van der Waals surface area contributed by atoms with Crippen LogP contribution in [0.1, 0.15) is 64.9 Å². The zero-order valence-corrected chi connectivity index (χ0v) is 18.4. The first-order valence-electron chi connectivity index (χ1n) is 10.1. The number of carboxylic acid groups (broad SMARTS) is 1. The van der Waals surface area contributed by atoms with Gasteiger partial charge in [-0.3, -0.25) is 14.4 Å². The summed E-state index contributed by atoms with van der Waals surface area (Å²) in [6.45, 7) is 5.94. The Morgan fingerprint density at radius 2 is 1.77 bits per heavy atom. The van der Waals surface area contributed by atoms with Gasteiger partial charge in [0.2, 0.25) is 5.91 Å². The van der Waals surface area contributed by atoms with Crippen LogP contribution in [0.15, 0.2) is 18.2 Å². The van der Waals surface area contributed by atoms with Crippen molar-refractivity contribution in [1.82, 2.24) is 0 Å². The third kappa shape index (κ3) is 4.56. The SMILES string of the molecule is Cc1ccc(-c2c(C)sc(NC(=O)CC3(CC(=O)O)CCCC3)c2C(N)=O)cc1C. The second-order valence-electron chi connectivity index (χ2n) is 8.40. The van der Waals surface area contributed by atoms with Crippen molar-refractivity contribution in [3.05, 3.63) is 39.8 Å². The van der Waals surface area contributed by atoms with E-state index in [-0.39, 0.29) is 18.7 Å². The van der Waals surface area contributed by atoms with E-state index in [1.165, 1.54) is 11.3 Å². The van der Waals surface area contributed by atoms with Gasteiger partial charge in [0.15, 0.2) is 0 Å². The third-order valence-corrected chi connectivity index (χ3v) is 7.13. The van der Waals surface area contributed by atoms with Gasteiger partial charge in [-0.1, -0.05) is 31.0 Å². The molecule has 0 atom stereocenters. The molecular weight excluding hydrogens is 400 g/mol. The highest BCUT2D eigenvalue weighted by Gasteiger charge is 2.38. The molecule has 1 saturated carbocycles. The molecule has 1 aliphatic carbocycles. The highest BCUT2D eigenvalue weighted by Crippen LogP contribution is 2.45. The summed E-state index contributed by atoms with van der Waals surface area (Å²) in [5.41, 5.74) is 9.40. The van der Waals surface area contributed by atoms with Gasteiger partial charge in [0.05, 0.1) is 12.0 Å². The fraction of sp³-hybridized carbons (Fsp3) is 0.435. The van der Waals surface area contributed by atoms with E-state index in [1.807, 2.05) is 39.0 Å². The molecule has 1 fully saturated rings. The minimum atomic E-state index is -0.883. The number of anilines is 1. The molecule has 0 aliphatic heterocycles. The topological polar surface area (TPSA) is 109 Å². The number of carbonyl (C=O) groups is 3. The Bertz CT molecular complexity index is 1000. The summed E-state index contributed by atoms with van der Waals surface area (Å²) < 4.78 is 0. The molecule has 0 saturated heterocycles. The van der Waals surface area contributed by atoms with Crippen LogP contribution in [0.25, 0.3) is 11.1 Å². The van der Waals surface area contributed by atoms with Crippen molar-refractivity contribution in [1.29, 1.82) is 0 Å². The van der Waals surface area contributed by atoms with Gasteiger partial charge < -0.3 is 16.2 Å². The minimum absolute atomic E-state index is 0.0134. The van der Waals surface area contributed by atoms with Crippen LogP contribution in [0.2, 0.25) is 0 Å². The molecule has 1 aromatic carbocycles. The van der Waals surface area contributed by atoms with E-state index >= 15 is 0 Å². The number of carboxylic acids is 1. The molecular formula is C23H28N2O4S. The Balaban J connectivity index is 1.91. The Morgan fingerprint density at radius 3 is 2.33 bits per heavy atom. The largest absolute Gasteiger partial charge is 0.481 e. The number of thiophene rings is 1. The second-order valence-corrected chi connectivity index (χ2v) is 9.63. The number of aliphatic carboxylic acids is 1. The zero-order valence-electron chi connectivity index (χ0n) is 17.6. The standard InChI is InChI=1S/C23H28N2O4S/c1-13-6-7-16(10-14(13)2)19-15(3)30-22(20(19)21(24)29)25-17(26)11-23(12-18(27)28)8-4-5-9-23/h6-7,10H,4-5,8-9,11-12H2,1-3H3,(H2,24,29)(H,25,26)(H,27,28). The Hall–Kier alpha value is -2.67. The van der Waals surface area contributed by atoms with E-state index in [2.05, 4.69) is 5.32 Å². The van der Waals surface area contributed by atoms with E-state index in [0.717, 1.165) is 52.8 Å². The van der Waals surface area contributed by atoms with Gasteiger partial charge in [0.1, 0.15) is 5.00 Å². The van der Waals surface area contributed by atoms with Gasteiger partial charge in [-0.2, -0.15) is 0 Å². The van der Waals surface area contributed by atoms with Crippen molar-refractivity contribution in [3.63, 3.8) is 0 Å². The summed E-state index contributed by atoms with van der Waals surface area (Å²) in [4.78, 5) is 37.4. The van der Waals surface area contributed by atoms with E-state index in [9.17, 15) is 19.5 Å². The van der Waals surface area contributed by atoms with Crippen LogP contribution >= 0.6 is 11.3 Å². The number of primary amides is 1. The normalized spacial score (nSPS) is 15.2. The maximum Gasteiger partial charge on any atom is 0.303 e. The van der Waals surface area contributed by atoms with Crippen LogP contribution in [0.3, 0.4) is 0 Å². The van der Waals surface area contributed by atoms with Gasteiger partial charge in [-0.25, -0.2) is 0 Å². The van der Waals surface area contributed by atoms with E-state index in [1.54, 1.807) is 0 Å². The number of hydrogen-bond donors (Lipinski definition) is 3. The van der Waals surface area contributed by atoms with Crippen LogP contribution < -0.4 is 11.1 Å². The molecule has 6 nitrogen and oxygen atoms in total. The molecule has 1 aliphatic rings. The Morgan fingerprint density at radius 1 is 1.10 bits per heavy atom. The quantitative estimate of drug-likeness (QED) is 0.588. The second kappa shape index (κ2) is 8.60. The van der Waals surface area contributed by atoms with E-state index in [4.69, 9.17) is 5.73 Å². The molecule has 0 radical (unpaired) electrons.